The van der Waals surface area contributed by atoms with E-state index < -0.39 is 0 Å². The van der Waals surface area contributed by atoms with Crippen molar-refractivity contribution in [3.8, 4) is 0 Å². The molecule has 0 radical (unpaired) electrons. The van der Waals surface area contributed by atoms with Crippen LogP contribution < -0.4 is 5.32 Å². The molecule has 0 aromatic heterocycles. The Hall–Kier alpha value is -0.610. The molecule has 0 unspecified atom stereocenters. The standard InChI is InChI=1S/C10H18N2O2/c13-9-3-5-12(7-9)10(14)8-2-1-4-11-6-8/h8-9,11,13H,1-7H2/t8-,9-/m1/s1. The van der Waals surface area contributed by atoms with Crippen molar-refractivity contribution in [3.05, 3.63) is 0 Å². The number of aliphatic hydroxyl groups is 1. The molecule has 0 aromatic rings. The summed E-state index contributed by atoms with van der Waals surface area (Å²) in [5.41, 5.74) is 0. The maximum atomic E-state index is 11.9. The summed E-state index contributed by atoms with van der Waals surface area (Å²) in [5, 5.41) is 12.6. The van der Waals surface area contributed by atoms with Crippen molar-refractivity contribution in [1.82, 2.24) is 10.2 Å². The average molecular weight is 198 g/mol. The topological polar surface area (TPSA) is 52.6 Å². The van der Waals surface area contributed by atoms with Gasteiger partial charge in [0.05, 0.1) is 12.0 Å². The number of nitrogens with zero attached hydrogens (tertiary/aromatic N) is 1. The number of piperidine rings is 1. The molecule has 4 nitrogen and oxygen atoms in total. The second kappa shape index (κ2) is 4.28. The number of hydrogen-bond acceptors (Lipinski definition) is 3. The molecule has 0 bridgehead atoms. The van der Waals surface area contributed by atoms with Crippen LogP contribution in [0, 0.1) is 5.92 Å². The first-order valence-corrected chi connectivity index (χ1v) is 5.45. The van der Waals surface area contributed by atoms with Gasteiger partial charge in [0, 0.05) is 19.6 Å². The lowest BCUT2D eigenvalue weighted by molar-refractivity contribution is -0.135. The molecule has 2 N–H and O–H groups in total. The van der Waals surface area contributed by atoms with Gasteiger partial charge in [0.2, 0.25) is 5.91 Å². The van der Waals surface area contributed by atoms with Gasteiger partial charge in [-0.3, -0.25) is 4.79 Å². The van der Waals surface area contributed by atoms with E-state index in [9.17, 15) is 9.90 Å². The number of amides is 1. The summed E-state index contributed by atoms with van der Waals surface area (Å²) in [4.78, 5) is 13.7. The zero-order valence-electron chi connectivity index (χ0n) is 8.41. The lowest BCUT2D eigenvalue weighted by atomic mass is 9.98. The van der Waals surface area contributed by atoms with Crippen molar-refractivity contribution < 1.29 is 9.90 Å². The van der Waals surface area contributed by atoms with Gasteiger partial charge in [-0.15, -0.1) is 0 Å². The fraction of sp³-hybridized carbons (Fsp3) is 0.900. The molecule has 80 valence electrons. The number of carbonyl (C=O) groups excluding carboxylic acids is 1. The minimum absolute atomic E-state index is 0.147. The van der Waals surface area contributed by atoms with Crippen LogP contribution in [0.25, 0.3) is 0 Å². The number of nitrogens with one attached hydrogen (secondary N) is 1. The van der Waals surface area contributed by atoms with Crippen molar-refractivity contribution in [2.75, 3.05) is 26.2 Å². The van der Waals surface area contributed by atoms with E-state index in [1.54, 1.807) is 0 Å². The first-order valence-electron chi connectivity index (χ1n) is 5.45. The van der Waals surface area contributed by atoms with Crippen LogP contribution in [0.2, 0.25) is 0 Å². The molecule has 2 heterocycles. The van der Waals surface area contributed by atoms with Gasteiger partial charge in [-0.25, -0.2) is 0 Å². The van der Waals surface area contributed by atoms with Gasteiger partial charge in [0.25, 0.3) is 0 Å². The van der Waals surface area contributed by atoms with Crippen LogP contribution in [0.3, 0.4) is 0 Å². The number of carbonyl (C=O) groups is 1. The monoisotopic (exact) mass is 198 g/mol. The highest BCUT2D eigenvalue weighted by Crippen LogP contribution is 2.17. The number of hydrogen-bond donors (Lipinski definition) is 2. The molecule has 2 aliphatic heterocycles. The zero-order chi connectivity index (χ0) is 9.97. The highest BCUT2D eigenvalue weighted by Gasteiger charge is 2.30. The first-order chi connectivity index (χ1) is 6.77. The third-order valence-corrected chi connectivity index (χ3v) is 3.12. The molecule has 0 saturated carbocycles. The Bertz CT molecular complexity index is 207. The molecular weight excluding hydrogens is 180 g/mol. The Kier molecular flexibility index (Phi) is 3.03. The average Bonchev–Trinajstić information content (AvgIpc) is 2.65. The van der Waals surface area contributed by atoms with Crippen molar-refractivity contribution in [3.63, 3.8) is 0 Å². The Morgan fingerprint density at radius 1 is 1.43 bits per heavy atom. The van der Waals surface area contributed by atoms with E-state index in [1.807, 2.05) is 4.90 Å². The van der Waals surface area contributed by atoms with Crippen molar-refractivity contribution >= 4 is 5.91 Å². The third-order valence-electron chi connectivity index (χ3n) is 3.12. The molecule has 0 aliphatic carbocycles. The highest BCUT2D eigenvalue weighted by atomic mass is 16.3. The number of β-amino-alcohol motifs (C(OH)–C–C–N with tert-alkyl or cyclic N) is 1. The minimum atomic E-state index is -0.296. The van der Waals surface area contributed by atoms with Gasteiger partial charge in [-0.2, -0.15) is 0 Å². The molecule has 0 aromatic carbocycles. The van der Waals surface area contributed by atoms with Gasteiger partial charge in [0.15, 0.2) is 0 Å². The molecule has 2 saturated heterocycles. The summed E-state index contributed by atoms with van der Waals surface area (Å²) in [5.74, 6) is 0.378. The van der Waals surface area contributed by atoms with Crippen molar-refractivity contribution in [2.45, 2.75) is 25.4 Å². The molecule has 2 aliphatic rings. The van der Waals surface area contributed by atoms with E-state index in [-0.39, 0.29) is 17.9 Å². The third kappa shape index (κ3) is 2.07. The molecule has 1 amide bonds. The van der Waals surface area contributed by atoms with Crippen molar-refractivity contribution in [1.29, 1.82) is 0 Å². The van der Waals surface area contributed by atoms with Crippen LogP contribution in [0.5, 0.6) is 0 Å². The Morgan fingerprint density at radius 2 is 2.29 bits per heavy atom. The van der Waals surface area contributed by atoms with Crippen LogP contribution in [0.4, 0.5) is 0 Å². The normalized spacial score (nSPS) is 33.4. The van der Waals surface area contributed by atoms with E-state index >= 15 is 0 Å². The summed E-state index contributed by atoms with van der Waals surface area (Å²) in [6.45, 7) is 3.11. The Labute approximate surface area is 84.3 Å². The lowest BCUT2D eigenvalue weighted by Gasteiger charge is -2.26. The largest absolute Gasteiger partial charge is 0.391 e. The fourth-order valence-electron chi connectivity index (χ4n) is 2.26. The summed E-state index contributed by atoms with van der Waals surface area (Å²) in [6, 6.07) is 0. The predicted octanol–water partition coefficient (Wildman–Crippen LogP) is -0.421. The molecule has 14 heavy (non-hydrogen) atoms. The van der Waals surface area contributed by atoms with Crippen LogP contribution >= 0.6 is 0 Å². The SMILES string of the molecule is O=C([C@@H]1CCCNC1)N1CC[C@@H](O)C1. The second-order valence-corrected chi connectivity index (χ2v) is 4.27. The second-order valence-electron chi connectivity index (χ2n) is 4.27. The van der Waals surface area contributed by atoms with Gasteiger partial charge >= 0.3 is 0 Å². The summed E-state index contributed by atoms with van der Waals surface area (Å²) >= 11 is 0. The molecule has 2 rings (SSSR count). The maximum Gasteiger partial charge on any atom is 0.227 e. The smallest absolute Gasteiger partial charge is 0.227 e. The van der Waals surface area contributed by atoms with Crippen LogP contribution in [-0.2, 0) is 4.79 Å². The molecule has 4 heteroatoms. The Balaban J connectivity index is 1.87. The van der Waals surface area contributed by atoms with E-state index in [4.69, 9.17) is 0 Å². The first kappa shape index (κ1) is 9.93. The quantitative estimate of drug-likeness (QED) is 0.601. The van der Waals surface area contributed by atoms with E-state index in [1.165, 1.54) is 0 Å². The fourth-order valence-corrected chi connectivity index (χ4v) is 2.26. The van der Waals surface area contributed by atoms with Gasteiger partial charge in [-0.05, 0) is 25.8 Å². The predicted molar refractivity (Wildman–Crippen MR) is 52.8 cm³/mol. The molecule has 0 spiro atoms. The zero-order valence-corrected chi connectivity index (χ0v) is 8.41. The summed E-state index contributed by atoms with van der Waals surface area (Å²) < 4.78 is 0. The maximum absolute atomic E-state index is 11.9. The summed E-state index contributed by atoms with van der Waals surface area (Å²) in [6.07, 6.45) is 2.53. The van der Waals surface area contributed by atoms with Gasteiger partial charge in [0.1, 0.15) is 0 Å². The number of aliphatic hydroxyl groups excluding tert-OH is 1. The van der Waals surface area contributed by atoms with E-state index in [0.717, 1.165) is 38.9 Å². The van der Waals surface area contributed by atoms with Crippen molar-refractivity contribution in [2.24, 2.45) is 5.92 Å². The van der Waals surface area contributed by atoms with E-state index in [2.05, 4.69) is 5.32 Å². The molecule has 2 fully saturated rings. The summed E-state index contributed by atoms with van der Waals surface area (Å²) in [7, 11) is 0. The van der Waals surface area contributed by atoms with E-state index in [0.29, 0.717) is 6.54 Å². The van der Waals surface area contributed by atoms with Crippen LogP contribution in [-0.4, -0.2) is 48.2 Å². The molecule has 2 atom stereocenters. The number of likely N-dealkylation sites (tertiary alicyclic amines) is 1. The minimum Gasteiger partial charge on any atom is -0.391 e. The van der Waals surface area contributed by atoms with Gasteiger partial charge in [-0.1, -0.05) is 0 Å². The van der Waals surface area contributed by atoms with Crippen LogP contribution in [0.1, 0.15) is 19.3 Å². The lowest BCUT2D eigenvalue weighted by Crippen LogP contribution is -2.42. The number of rotatable bonds is 1. The molecular formula is C10H18N2O2. The van der Waals surface area contributed by atoms with Crippen LogP contribution in [0.15, 0.2) is 0 Å². The Morgan fingerprint density at radius 3 is 2.86 bits per heavy atom. The van der Waals surface area contributed by atoms with Gasteiger partial charge < -0.3 is 15.3 Å². The highest BCUT2D eigenvalue weighted by molar-refractivity contribution is 5.79.